The summed E-state index contributed by atoms with van der Waals surface area (Å²) in [6.45, 7) is 0. The van der Waals surface area contributed by atoms with E-state index in [-0.39, 0.29) is 0 Å². The molecular weight excluding hydrogens is 184 g/mol. The van der Waals surface area contributed by atoms with E-state index in [1.807, 2.05) is 18.2 Å². The highest BCUT2D eigenvalue weighted by Gasteiger charge is 2.01. The van der Waals surface area contributed by atoms with Crippen LogP contribution in [0.5, 0.6) is 0 Å². The zero-order chi connectivity index (χ0) is 9.10. The summed E-state index contributed by atoms with van der Waals surface area (Å²) in [6, 6.07) is 10.1. The predicted molar refractivity (Wildman–Crippen MR) is 51.3 cm³/mol. The molecular formula is C10H6ClN2. The minimum absolute atomic E-state index is 0.654. The first-order valence-corrected chi connectivity index (χ1v) is 4.18. The van der Waals surface area contributed by atoms with Gasteiger partial charge in [-0.1, -0.05) is 23.7 Å². The molecule has 0 saturated heterocycles. The largest absolute Gasteiger partial charge is 0.245 e. The van der Waals surface area contributed by atoms with Crippen molar-refractivity contribution >= 4 is 11.6 Å². The van der Waals surface area contributed by atoms with E-state index in [1.54, 1.807) is 12.3 Å². The molecule has 0 spiro atoms. The topological polar surface area (TPSA) is 25.8 Å². The van der Waals surface area contributed by atoms with E-state index in [0.29, 0.717) is 5.02 Å². The molecule has 0 aliphatic heterocycles. The quantitative estimate of drug-likeness (QED) is 0.689. The van der Waals surface area contributed by atoms with Gasteiger partial charge < -0.3 is 0 Å². The Morgan fingerprint density at radius 2 is 2.23 bits per heavy atom. The van der Waals surface area contributed by atoms with Crippen LogP contribution in [-0.4, -0.2) is 9.97 Å². The molecule has 0 aliphatic carbocycles. The van der Waals surface area contributed by atoms with Gasteiger partial charge in [-0.25, -0.2) is 9.97 Å². The van der Waals surface area contributed by atoms with Crippen molar-refractivity contribution in [1.29, 1.82) is 0 Å². The SMILES string of the molecule is Clc1c[c]ccc1-c1ccncn1. The second-order valence-electron chi connectivity index (χ2n) is 2.50. The van der Waals surface area contributed by atoms with Gasteiger partial charge >= 0.3 is 0 Å². The van der Waals surface area contributed by atoms with Crippen molar-refractivity contribution in [3.8, 4) is 11.3 Å². The fraction of sp³-hybridized carbons (Fsp3) is 0. The third kappa shape index (κ3) is 1.68. The number of benzene rings is 1. The minimum Gasteiger partial charge on any atom is -0.245 e. The van der Waals surface area contributed by atoms with E-state index in [9.17, 15) is 0 Å². The van der Waals surface area contributed by atoms with Crippen molar-refractivity contribution in [1.82, 2.24) is 9.97 Å². The van der Waals surface area contributed by atoms with Crippen LogP contribution < -0.4 is 0 Å². The average molecular weight is 190 g/mol. The number of aromatic nitrogens is 2. The molecule has 0 saturated carbocycles. The first-order valence-electron chi connectivity index (χ1n) is 3.80. The van der Waals surface area contributed by atoms with Crippen molar-refractivity contribution in [2.24, 2.45) is 0 Å². The summed E-state index contributed by atoms with van der Waals surface area (Å²) in [5.74, 6) is 0. The van der Waals surface area contributed by atoms with Crippen LogP contribution in [0.1, 0.15) is 0 Å². The molecule has 13 heavy (non-hydrogen) atoms. The van der Waals surface area contributed by atoms with E-state index in [0.717, 1.165) is 11.3 Å². The normalized spacial score (nSPS) is 9.92. The highest BCUT2D eigenvalue weighted by Crippen LogP contribution is 2.24. The third-order valence-electron chi connectivity index (χ3n) is 1.67. The fourth-order valence-electron chi connectivity index (χ4n) is 1.07. The third-order valence-corrected chi connectivity index (χ3v) is 1.98. The van der Waals surface area contributed by atoms with Gasteiger partial charge in [0, 0.05) is 11.8 Å². The lowest BCUT2D eigenvalue weighted by molar-refractivity contribution is 1.17. The Labute approximate surface area is 81.2 Å². The van der Waals surface area contributed by atoms with E-state index in [2.05, 4.69) is 16.0 Å². The number of hydrogen-bond donors (Lipinski definition) is 0. The lowest BCUT2D eigenvalue weighted by Crippen LogP contribution is -1.84. The molecule has 2 nitrogen and oxygen atoms in total. The van der Waals surface area contributed by atoms with Crippen LogP contribution in [-0.2, 0) is 0 Å². The van der Waals surface area contributed by atoms with Crippen LogP contribution in [0.3, 0.4) is 0 Å². The number of halogens is 1. The molecule has 2 rings (SSSR count). The van der Waals surface area contributed by atoms with E-state index in [4.69, 9.17) is 11.6 Å². The Kier molecular flexibility index (Phi) is 2.23. The van der Waals surface area contributed by atoms with Crippen molar-refractivity contribution in [3.05, 3.63) is 47.9 Å². The van der Waals surface area contributed by atoms with Gasteiger partial charge in [0.15, 0.2) is 0 Å². The van der Waals surface area contributed by atoms with Crippen LogP contribution >= 0.6 is 11.6 Å². The van der Waals surface area contributed by atoms with Crippen LogP contribution in [0, 0.1) is 6.07 Å². The Morgan fingerprint density at radius 1 is 1.31 bits per heavy atom. The highest BCUT2D eigenvalue weighted by atomic mass is 35.5. The second kappa shape index (κ2) is 3.54. The zero-order valence-corrected chi connectivity index (χ0v) is 7.49. The molecule has 1 radical (unpaired) electrons. The van der Waals surface area contributed by atoms with Crippen molar-refractivity contribution < 1.29 is 0 Å². The van der Waals surface area contributed by atoms with E-state index >= 15 is 0 Å². The molecule has 0 aliphatic rings. The molecule has 1 aromatic heterocycles. The van der Waals surface area contributed by atoms with Gasteiger partial charge in [-0.05, 0) is 18.2 Å². The van der Waals surface area contributed by atoms with Gasteiger partial charge in [0.05, 0.1) is 10.7 Å². The van der Waals surface area contributed by atoms with Gasteiger partial charge in [-0.15, -0.1) is 0 Å². The summed E-state index contributed by atoms with van der Waals surface area (Å²) < 4.78 is 0. The molecule has 2 aromatic rings. The molecule has 0 atom stereocenters. The number of rotatable bonds is 1. The van der Waals surface area contributed by atoms with E-state index < -0.39 is 0 Å². The summed E-state index contributed by atoms with van der Waals surface area (Å²) >= 11 is 5.97. The molecule has 0 unspecified atom stereocenters. The molecule has 63 valence electrons. The van der Waals surface area contributed by atoms with Crippen molar-refractivity contribution in [2.75, 3.05) is 0 Å². The molecule has 0 bridgehead atoms. The monoisotopic (exact) mass is 189 g/mol. The summed E-state index contributed by atoms with van der Waals surface area (Å²) in [4.78, 5) is 7.94. The fourth-order valence-corrected chi connectivity index (χ4v) is 1.29. The molecule has 0 amide bonds. The summed E-state index contributed by atoms with van der Waals surface area (Å²) in [5, 5.41) is 0.654. The number of nitrogens with zero attached hydrogens (tertiary/aromatic N) is 2. The number of hydrogen-bond acceptors (Lipinski definition) is 2. The zero-order valence-electron chi connectivity index (χ0n) is 6.74. The first kappa shape index (κ1) is 8.20. The van der Waals surface area contributed by atoms with Crippen molar-refractivity contribution in [2.45, 2.75) is 0 Å². The predicted octanol–water partition coefficient (Wildman–Crippen LogP) is 2.60. The maximum Gasteiger partial charge on any atom is 0.116 e. The Bertz CT molecular complexity index is 401. The molecule has 1 aromatic carbocycles. The highest BCUT2D eigenvalue weighted by molar-refractivity contribution is 6.33. The Morgan fingerprint density at radius 3 is 2.92 bits per heavy atom. The molecule has 0 N–H and O–H groups in total. The van der Waals surface area contributed by atoms with Gasteiger partial charge in [0.25, 0.3) is 0 Å². The summed E-state index contributed by atoms with van der Waals surface area (Å²) in [7, 11) is 0. The van der Waals surface area contributed by atoms with Gasteiger partial charge in [0.2, 0.25) is 0 Å². The van der Waals surface area contributed by atoms with Gasteiger partial charge in [0.1, 0.15) is 6.33 Å². The van der Waals surface area contributed by atoms with Crippen LogP contribution in [0.15, 0.2) is 36.8 Å². The van der Waals surface area contributed by atoms with Crippen LogP contribution in [0.25, 0.3) is 11.3 Å². The first-order chi connectivity index (χ1) is 6.38. The maximum absolute atomic E-state index is 5.97. The van der Waals surface area contributed by atoms with E-state index in [1.165, 1.54) is 6.33 Å². The second-order valence-corrected chi connectivity index (χ2v) is 2.91. The lowest BCUT2D eigenvalue weighted by Gasteiger charge is -2.00. The van der Waals surface area contributed by atoms with Crippen LogP contribution in [0.4, 0.5) is 0 Å². The lowest BCUT2D eigenvalue weighted by atomic mass is 10.1. The molecule has 0 fully saturated rings. The Balaban J connectivity index is 2.54. The van der Waals surface area contributed by atoms with Crippen LogP contribution in [0.2, 0.25) is 5.02 Å². The average Bonchev–Trinajstić information content (AvgIpc) is 2.20. The summed E-state index contributed by atoms with van der Waals surface area (Å²) in [5.41, 5.74) is 1.73. The van der Waals surface area contributed by atoms with Crippen molar-refractivity contribution in [3.63, 3.8) is 0 Å². The smallest absolute Gasteiger partial charge is 0.116 e. The Hall–Kier alpha value is -1.41. The molecule has 3 heteroatoms. The molecule has 1 heterocycles. The maximum atomic E-state index is 5.97. The van der Waals surface area contributed by atoms with Gasteiger partial charge in [-0.3, -0.25) is 0 Å². The summed E-state index contributed by atoms with van der Waals surface area (Å²) in [6.07, 6.45) is 3.19. The standard InChI is InChI=1S/C10H6ClN2/c11-9-4-2-1-3-8(9)10-5-6-12-7-13-10/h1,3-7H. The minimum atomic E-state index is 0.654. The van der Waals surface area contributed by atoms with Gasteiger partial charge in [-0.2, -0.15) is 0 Å².